The molecule has 0 unspecified atom stereocenters. The molecule has 0 N–H and O–H groups in total. The van der Waals surface area contributed by atoms with Gasteiger partial charge in [0.2, 0.25) is 0 Å². The second-order valence-corrected chi connectivity index (χ2v) is 10.1. The van der Waals surface area contributed by atoms with Crippen LogP contribution in [0, 0.1) is 13.8 Å². The molecule has 2 amide bonds. The summed E-state index contributed by atoms with van der Waals surface area (Å²) in [6, 6.07) is 13.8. The van der Waals surface area contributed by atoms with Gasteiger partial charge in [-0.15, -0.1) is 0 Å². The number of carbonyl (C=O) groups is 2. The number of imide groups is 1. The number of nitrogens with zero attached hydrogens (tertiary/aromatic N) is 3. The van der Waals surface area contributed by atoms with Crippen LogP contribution in [-0.4, -0.2) is 54.8 Å². The normalized spacial score (nSPS) is 18.2. The highest BCUT2D eigenvalue weighted by atomic mass is 16.2. The van der Waals surface area contributed by atoms with E-state index in [4.69, 9.17) is 0 Å². The van der Waals surface area contributed by atoms with Gasteiger partial charge < -0.3 is 9.80 Å². The van der Waals surface area contributed by atoms with E-state index in [-0.39, 0.29) is 17.2 Å². The Balaban J connectivity index is 1.78. The molecule has 2 heterocycles. The number of hydrogen-bond acceptors (Lipinski definition) is 4. The molecule has 0 atom stereocenters. The molecule has 0 spiro atoms. The summed E-state index contributed by atoms with van der Waals surface area (Å²) in [4.78, 5) is 33.1. The predicted molar refractivity (Wildman–Crippen MR) is 130 cm³/mol. The zero-order valence-electron chi connectivity index (χ0n) is 20.0. The average molecular weight is 432 g/mol. The summed E-state index contributed by atoms with van der Waals surface area (Å²) in [6.07, 6.45) is 0. The van der Waals surface area contributed by atoms with Gasteiger partial charge in [0.05, 0.1) is 11.3 Å². The molecule has 2 aliphatic heterocycles. The summed E-state index contributed by atoms with van der Waals surface area (Å²) in [5.74, 6) is -0.466. The topological polar surface area (TPSA) is 43.9 Å². The van der Waals surface area contributed by atoms with Gasteiger partial charge in [0.15, 0.2) is 0 Å². The van der Waals surface area contributed by atoms with E-state index in [1.165, 1.54) is 16.0 Å². The van der Waals surface area contributed by atoms with Crippen LogP contribution in [0.5, 0.6) is 0 Å². The van der Waals surface area contributed by atoms with E-state index in [2.05, 4.69) is 44.5 Å². The summed E-state index contributed by atoms with van der Waals surface area (Å²) in [7, 11) is 2.08. The minimum Gasteiger partial charge on any atom is -0.364 e. The highest BCUT2D eigenvalue weighted by Crippen LogP contribution is 2.36. The van der Waals surface area contributed by atoms with Gasteiger partial charge in [-0.05, 0) is 60.7 Å². The largest absolute Gasteiger partial charge is 0.364 e. The van der Waals surface area contributed by atoms with E-state index in [1.807, 2.05) is 49.4 Å². The molecule has 168 valence electrons. The monoisotopic (exact) mass is 431 g/mol. The van der Waals surface area contributed by atoms with Crippen LogP contribution in [0.15, 0.2) is 48.2 Å². The number of piperazine rings is 1. The van der Waals surface area contributed by atoms with Crippen LogP contribution in [0.4, 0.5) is 5.69 Å². The van der Waals surface area contributed by atoms with E-state index in [0.29, 0.717) is 17.0 Å². The third-order valence-corrected chi connectivity index (χ3v) is 6.67. The minimum absolute atomic E-state index is 0.00534. The van der Waals surface area contributed by atoms with Crippen molar-refractivity contribution in [3.05, 3.63) is 70.4 Å². The third kappa shape index (κ3) is 3.97. The van der Waals surface area contributed by atoms with Crippen molar-refractivity contribution in [3.8, 4) is 0 Å². The average Bonchev–Trinajstić information content (AvgIpc) is 3.00. The fourth-order valence-corrected chi connectivity index (χ4v) is 4.34. The first-order valence-corrected chi connectivity index (χ1v) is 11.3. The van der Waals surface area contributed by atoms with Crippen LogP contribution in [0.25, 0.3) is 5.57 Å². The maximum Gasteiger partial charge on any atom is 0.282 e. The maximum absolute atomic E-state index is 13.7. The molecule has 5 nitrogen and oxygen atoms in total. The quantitative estimate of drug-likeness (QED) is 0.686. The second-order valence-electron chi connectivity index (χ2n) is 10.1. The van der Waals surface area contributed by atoms with Gasteiger partial charge in [0.1, 0.15) is 5.70 Å². The van der Waals surface area contributed by atoms with Crippen molar-refractivity contribution in [3.63, 3.8) is 0 Å². The molecule has 4 rings (SSSR count). The van der Waals surface area contributed by atoms with E-state index >= 15 is 0 Å². The van der Waals surface area contributed by atoms with Crippen molar-refractivity contribution in [2.45, 2.75) is 40.0 Å². The first kappa shape index (κ1) is 22.3. The van der Waals surface area contributed by atoms with Crippen LogP contribution in [0.2, 0.25) is 0 Å². The third-order valence-electron chi connectivity index (χ3n) is 6.67. The van der Waals surface area contributed by atoms with Gasteiger partial charge in [0.25, 0.3) is 11.8 Å². The summed E-state index contributed by atoms with van der Waals surface area (Å²) in [6.45, 7) is 13.7. The van der Waals surface area contributed by atoms with Crippen molar-refractivity contribution >= 4 is 23.1 Å². The van der Waals surface area contributed by atoms with Gasteiger partial charge in [-0.3, -0.25) is 9.59 Å². The highest BCUT2D eigenvalue weighted by molar-refractivity contribution is 6.45. The van der Waals surface area contributed by atoms with Crippen LogP contribution in [-0.2, 0) is 15.0 Å². The smallest absolute Gasteiger partial charge is 0.282 e. The Kier molecular flexibility index (Phi) is 5.72. The van der Waals surface area contributed by atoms with Crippen LogP contribution in [0.1, 0.15) is 43.0 Å². The van der Waals surface area contributed by atoms with Gasteiger partial charge >= 0.3 is 0 Å². The summed E-state index contributed by atoms with van der Waals surface area (Å²) in [5, 5.41) is 0. The highest BCUT2D eigenvalue weighted by Gasteiger charge is 2.43. The fourth-order valence-electron chi connectivity index (χ4n) is 4.34. The Morgan fingerprint density at radius 2 is 1.41 bits per heavy atom. The van der Waals surface area contributed by atoms with Crippen LogP contribution >= 0.6 is 0 Å². The Morgan fingerprint density at radius 1 is 0.781 bits per heavy atom. The molecule has 2 aromatic carbocycles. The molecular formula is C27H33N3O2. The van der Waals surface area contributed by atoms with Crippen molar-refractivity contribution in [2.24, 2.45) is 0 Å². The molecule has 5 heteroatoms. The lowest BCUT2D eigenvalue weighted by molar-refractivity contribution is -0.120. The number of benzene rings is 2. The number of hydrogen-bond donors (Lipinski definition) is 0. The lowest BCUT2D eigenvalue weighted by Gasteiger charge is -2.34. The molecule has 0 aromatic heterocycles. The molecule has 1 fully saturated rings. The first-order chi connectivity index (χ1) is 15.1. The molecule has 0 radical (unpaired) electrons. The Hall–Kier alpha value is -2.92. The minimum atomic E-state index is -0.240. The van der Waals surface area contributed by atoms with Crippen LogP contribution < -0.4 is 4.90 Å². The summed E-state index contributed by atoms with van der Waals surface area (Å²) < 4.78 is 0. The van der Waals surface area contributed by atoms with E-state index in [9.17, 15) is 9.59 Å². The van der Waals surface area contributed by atoms with Crippen molar-refractivity contribution in [1.29, 1.82) is 0 Å². The van der Waals surface area contributed by atoms with E-state index in [1.54, 1.807) is 0 Å². The number of carbonyl (C=O) groups excluding carboxylic acids is 2. The lowest BCUT2D eigenvalue weighted by Crippen LogP contribution is -2.46. The molecule has 0 bridgehead atoms. The van der Waals surface area contributed by atoms with Gasteiger partial charge in [-0.25, -0.2) is 4.90 Å². The maximum atomic E-state index is 13.7. The zero-order valence-corrected chi connectivity index (χ0v) is 20.0. The predicted octanol–water partition coefficient (Wildman–Crippen LogP) is 4.13. The molecular weight excluding hydrogens is 398 g/mol. The number of anilines is 1. The number of aryl methyl sites for hydroxylation is 2. The van der Waals surface area contributed by atoms with Crippen molar-refractivity contribution < 1.29 is 9.59 Å². The number of amides is 2. The molecule has 0 saturated carbocycles. The molecule has 1 saturated heterocycles. The van der Waals surface area contributed by atoms with Crippen molar-refractivity contribution in [1.82, 2.24) is 9.80 Å². The van der Waals surface area contributed by atoms with Crippen LogP contribution in [0.3, 0.4) is 0 Å². The van der Waals surface area contributed by atoms with E-state index in [0.717, 1.165) is 37.3 Å². The zero-order chi connectivity index (χ0) is 23.2. The Bertz CT molecular complexity index is 1080. The number of likely N-dealkylation sites (N-methyl/N-ethyl adjacent to an activating group) is 1. The second kappa shape index (κ2) is 8.21. The van der Waals surface area contributed by atoms with E-state index < -0.39 is 0 Å². The Labute approximate surface area is 191 Å². The molecule has 2 aromatic rings. The molecule has 2 aliphatic rings. The van der Waals surface area contributed by atoms with Gasteiger partial charge in [0, 0.05) is 26.2 Å². The molecule has 0 aliphatic carbocycles. The van der Waals surface area contributed by atoms with Gasteiger partial charge in [-0.2, -0.15) is 0 Å². The standard InChI is InChI=1S/C27H33N3O2/c1-18-7-8-20(17-19(18)2)23-24(29-15-13-28(6)14-16-29)26(32)30(25(23)31)22-11-9-21(10-12-22)27(3,4)5/h7-12,17H,13-16H2,1-6H3. The summed E-state index contributed by atoms with van der Waals surface area (Å²) in [5.41, 5.74) is 5.94. The first-order valence-electron chi connectivity index (χ1n) is 11.3. The van der Waals surface area contributed by atoms with Gasteiger partial charge in [-0.1, -0.05) is 51.1 Å². The fraction of sp³-hybridized carbons (Fsp3) is 0.407. The number of rotatable bonds is 3. The molecule has 32 heavy (non-hydrogen) atoms. The Morgan fingerprint density at radius 3 is 1.97 bits per heavy atom. The SMILES string of the molecule is Cc1ccc(C2=C(N3CCN(C)CC3)C(=O)N(c3ccc(C(C)(C)C)cc3)C2=O)cc1C. The summed E-state index contributed by atoms with van der Waals surface area (Å²) >= 11 is 0. The van der Waals surface area contributed by atoms with Crippen molar-refractivity contribution in [2.75, 3.05) is 38.1 Å². The lowest BCUT2D eigenvalue weighted by atomic mass is 9.87.